The van der Waals surface area contributed by atoms with Gasteiger partial charge in [-0.05, 0) is 0 Å². The van der Waals surface area contributed by atoms with Crippen molar-refractivity contribution in [2.45, 2.75) is 12.5 Å². The highest BCUT2D eigenvalue weighted by molar-refractivity contribution is 5.83. The predicted molar refractivity (Wildman–Crippen MR) is 37.9 cm³/mol. The molecule has 0 bridgehead atoms. The molecule has 3 heteroatoms. The van der Waals surface area contributed by atoms with Gasteiger partial charge in [-0.3, -0.25) is 9.69 Å². The zero-order valence-corrected chi connectivity index (χ0v) is 5.97. The molecule has 0 aromatic heterocycles. The number of fused-ring (bicyclic) bond motifs is 1. The lowest BCUT2D eigenvalue weighted by Crippen LogP contribution is -2.47. The number of hydrogen-bond donors (Lipinski definition) is 1. The molecule has 0 spiro atoms. The van der Waals surface area contributed by atoms with Gasteiger partial charge in [-0.15, -0.1) is 0 Å². The monoisotopic (exact) mass is 140 g/mol. The highest BCUT2D eigenvalue weighted by Crippen LogP contribution is 2.14. The number of nitrogens with one attached hydrogen (secondary N) is 1. The van der Waals surface area contributed by atoms with Crippen LogP contribution < -0.4 is 5.32 Å². The summed E-state index contributed by atoms with van der Waals surface area (Å²) in [5.41, 5.74) is 0. The molecule has 0 aromatic rings. The molecule has 1 N–H and O–H groups in total. The number of carbonyl (C=O) groups is 1. The van der Waals surface area contributed by atoms with E-state index in [4.69, 9.17) is 0 Å². The van der Waals surface area contributed by atoms with Crippen LogP contribution in [0.5, 0.6) is 0 Å². The van der Waals surface area contributed by atoms with Gasteiger partial charge in [-0.1, -0.05) is 0 Å². The van der Waals surface area contributed by atoms with E-state index in [0.717, 1.165) is 26.1 Å². The number of rotatable bonds is 0. The Bertz CT molecular complexity index is 142. The molecule has 10 heavy (non-hydrogen) atoms. The summed E-state index contributed by atoms with van der Waals surface area (Å²) in [6.07, 6.45) is 0.771. The van der Waals surface area contributed by atoms with E-state index in [1.165, 1.54) is 0 Å². The van der Waals surface area contributed by atoms with E-state index >= 15 is 0 Å². The molecule has 0 radical (unpaired) electrons. The molecule has 2 aliphatic heterocycles. The maximum Gasteiger partial charge on any atom is 0.148 e. The van der Waals surface area contributed by atoms with Gasteiger partial charge in [0.25, 0.3) is 0 Å². The fourth-order valence-electron chi connectivity index (χ4n) is 1.77. The van der Waals surface area contributed by atoms with Crippen molar-refractivity contribution in [3.63, 3.8) is 0 Å². The molecule has 56 valence electrons. The van der Waals surface area contributed by atoms with Crippen LogP contribution in [-0.4, -0.2) is 42.9 Å². The molecule has 0 unspecified atom stereocenters. The number of nitrogens with zero attached hydrogens (tertiary/aromatic N) is 1. The van der Waals surface area contributed by atoms with E-state index in [9.17, 15) is 4.79 Å². The molecule has 2 heterocycles. The van der Waals surface area contributed by atoms with Gasteiger partial charge in [0.1, 0.15) is 5.78 Å². The Balaban J connectivity index is 2.04. The van der Waals surface area contributed by atoms with Crippen LogP contribution in [0.15, 0.2) is 0 Å². The molecule has 0 aliphatic carbocycles. The van der Waals surface area contributed by atoms with Crippen molar-refractivity contribution in [2.24, 2.45) is 0 Å². The van der Waals surface area contributed by atoms with Gasteiger partial charge in [0.2, 0.25) is 0 Å². The molecule has 0 amide bonds. The zero-order chi connectivity index (χ0) is 6.97. The number of carbonyl (C=O) groups excluding carboxylic acids is 1. The number of hydrogen-bond acceptors (Lipinski definition) is 3. The highest BCUT2D eigenvalue weighted by atomic mass is 16.1. The number of piperazine rings is 1. The Hall–Kier alpha value is -0.410. The van der Waals surface area contributed by atoms with Crippen LogP contribution in [0.3, 0.4) is 0 Å². The van der Waals surface area contributed by atoms with Crippen molar-refractivity contribution in [1.29, 1.82) is 0 Å². The lowest BCUT2D eigenvalue weighted by atomic mass is 10.2. The van der Waals surface area contributed by atoms with Gasteiger partial charge in [-0.25, -0.2) is 0 Å². The van der Waals surface area contributed by atoms with Gasteiger partial charge >= 0.3 is 0 Å². The topological polar surface area (TPSA) is 32.3 Å². The first-order valence-electron chi connectivity index (χ1n) is 3.83. The third-order valence-electron chi connectivity index (χ3n) is 2.31. The molecular formula is C7H12N2O. The first-order chi connectivity index (χ1) is 4.86. The average molecular weight is 140 g/mol. The minimum absolute atomic E-state index is 0.411. The van der Waals surface area contributed by atoms with Crippen LogP contribution in [0.25, 0.3) is 0 Å². The van der Waals surface area contributed by atoms with E-state index in [-0.39, 0.29) is 0 Å². The van der Waals surface area contributed by atoms with Crippen molar-refractivity contribution >= 4 is 5.78 Å². The van der Waals surface area contributed by atoms with Crippen LogP contribution in [0.4, 0.5) is 0 Å². The first kappa shape index (κ1) is 6.31. The van der Waals surface area contributed by atoms with E-state index < -0.39 is 0 Å². The van der Waals surface area contributed by atoms with E-state index in [2.05, 4.69) is 10.2 Å². The molecule has 0 saturated carbocycles. The number of Topliss-reactive ketones (excluding diaryl/α,β-unsaturated/α-hetero) is 1. The Kier molecular flexibility index (Phi) is 1.47. The van der Waals surface area contributed by atoms with Gasteiger partial charge in [0.05, 0.1) is 6.54 Å². The molecule has 3 nitrogen and oxygen atoms in total. The lowest BCUT2D eigenvalue weighted by Gasteiger charge is -2.28. The third kappa shape index (κ3) is 0.954. The standard InChI is InChI=1S/C7H12N2O/c10-7-3-6-4-8-1-2-9(6)5-7/h6,8H,1-5H2/t6-/m1/s1. The normalized spacial score (nSPS) is 34.4. The van der Waals surface area contributed by atoms with Gasteiger partial charge < -0.3 is 5.32 Å². The maximum absolute atomic E-state index is 10.9. The van der Waals surface area contributed by atoms with Crippen LogP contribution in [0.2, 0.25) is 0 Å². The Labute approximate surface area is 60.4 Å². The summed E-state index contributed by atoms with van der Waals surface area (Å²) >= 11 is 0. The summed E-state index contributed by atoms with van der Waals surface area (Å²) in [4.78, 5) is 13.2. The van der Waals surface area contributed by atoms with Crippen LogP contribution in [0.1, 0.15) is 6.42 Å². The van der Waals surface area contributed by atoms with Crippen molar-refractivity contribution in [1.82, 2.24) is 10.2 Å². The SMILES string of the molecule is O=C1C[C@@H]2CNCCN2C1. The Morgan fingerprint density at radius 3 is 3.30 bits per heavy atom. The first-order valence-corrected chi connectivity index (χ1v) is 3.83. The van der Waals surface area contributed by atoms with Crippen molar-refractivity contribution in [3.8, 4) is 0 Å². The summed E-state index contributed by atoms with van der Waals surface area (Å²) in [6, 6.07) is 0.515. The molecule has 0 aromatic carbocycles. The molecule has 2 aliphatic rings. The molecule has 2 fully saturated rings. The second-order valence-corrected chi connectivity index (χ2v) is 3.07. The lowest BCUT2D eigenvalue weighted by molar-refractivity contribution is -0.116. The van der Waals surface area contributed by atoms with Crippen LogP contribution in [0, 0.1) is 0 Å². The van der Waals surface area contributed by atoms with E-state index in [1.807, 2.05) is 0 Å². The van der Waals surface area contributed by atoms with E-state index in [0.29, 0.717) is 18.4 Å². The van der Waals surface area contributed by atoms with Gasteiger partial charge in [0.15, 0.2) is 0 Å². The van der Waals surface area contributed by atoms with Crippen LogP contribution in [-0.2, 0) is 4.79 Å². The van der Waals surface area contributed by atoms with Crippen LogP contribution >= 0.6 is 0 Å². The molecule has 2 saturated heterocycles. The Morgan fingerprint density at radius 2 is 2.50 bits per heavy atom. The largest absolute Gasteiger partial charge is 0.314 e. The molecule has 2 rings (SSSR count). The molecular weight excluding hydrogens is 128 g/mol. The summed E-state index contributed by atoms with van der Waals surface area (Å²) in [5, 5.41) is 3.28. The smallest absolute Gasteiger partial charge is 0.148 e. The second kappa shape index (κ2) is 2.32. The quantitative estimate of drug-likeness (QED) is 0.479. The zero-order valence-electron chi connectivity index (χ0n) is 5.97. The fourth-order valence-corrected chi connectivity index (χ4v) is 1.77. The van der Waals surface area contributed by atoms with Gasteiger partial charge in [0, 0.05) is 32.1 Å². The van der Waals surface area contributed by atoms with Crippen molar-refractivity contribution < 1.29 is 4.79 Å². The van der Waals surface area contributed by atoms with Crippen molar-refractivity contribution in [2.75, 3.05) is 26.2 Å². The number of ketones is 1. The molecule has 1 atom stereocenters. The highest BCUT2D eigenvalue weighted by Gasteiger charge is 2.31. The second-order valence-electron chi connectivity index (χ2n) is 3.07. The maximum atomic E-state index is 10.9. The minimum Gasteiger partial charge on any atom is -0.314 e. The summed E-state index contributed by atoms with van der Waals surface area (Å²) in [5.74, 6) is 0.411. The summed E-state index contributed by atoms with van der Waals surface area (Å²) in [7, 11) is 0. The Morgan fingerprint density at radius 1 is 1.60 bits per heavy atom. The fraction of sp³-hybridized carbons (Fsp3) is 0.857. The summed E-state index contributed by atoms with van der Waals surface area (Å²) < 4.78 is 0. The minimum atomic E-state index is 0.411. The third-order valence-corrected chi connectivity index (χ3v) is 2.31. The summed E-state index contributed by atoms with van der Waals surface area (Å²) in [6.45, 7) is 3.80. The van der Waals surface area contributed by atoms with Crippen molar-refractivity contribution in [3.05, 3.63) is 0 Å². The predicted octanol–water partition coefficient (Wildman–Crippen LogP) is -0.767. The van der Waals surface area contributed by atoms with E-state index in [1.54, 1.807) is 0 Å². The average Bonchev–Trinajstić information content (AvgIpc) is 2.27. The van der Waals surface area contributed by atoms with Gasteiger partial charge in [-0.2, -0.15) is 0 Å².